The van der Waals surface area contributed by atoms with Gasteiger partial charge in [0, 0.05) is 42.1 Å². The molecular weight excluding hydrogens is 434 g/mol. The van der Waals surface area contributed by atoms with Gasteiger partial charge in [0.25, 0.3) is 0 Å². The zero-order valence-electron chi connectivity index (χ0n) is 19.4. The normalized spacial score (nSPS) is 18.2. The van der Waals surface area contributed by atoms with Crippen LogP contribution >= 0.6 is 11.6 Å². The van der Waals surface area contributed by atoms with E-state index in [4.69, 9.17) is 16.3 Å². The van der Waals surface area contributed by atoms with Crippen LogP contribution in [0.1, 0.15) is 22.7 Å². The Bertz CT molecular complexity index is 1090. The van der Waals surface area contributed by atoms with E-state index in [-0.39, 0.29) is 17.7 Å². The van der Waals surface area contributed by atoms with E-state index in [1.165, 1.54) is 0 Å². The number of anilines is 1. The van der Waals surface area contributed by atoms with Crippen molar-refractivity contribution in [1.29, 1.82) is 0 Å². The predicted octanol–water partition coefficient (Wildman–Crippen LogP) is 4.84. The largest absolute Gasteiger partial charge is 0.497 e. The molecule has 2 aromatic carbocycles. The lowest BCUT2D eigenvalue weighted by Crippen LogP contribution is -2.41. The molecule has 172 valence electrons. The maximum atomic E-state index is 14.1. The summed E-state index contributed by atoms with van der Waals surface area (Å²) in [5.74, 6) is 0.675. The quantitative estimate of drug-likeness (QED) is 0.503. The van der Waals surface area contributed by atoms with Crippen molar-refractivity contribution in [2.75, 3.05) is 39.2 Å². The van der Waals surface area contributed by atoms with Crippen molar-refractivity contribution in [3.63, 3.8) is 0 Å². The van der Waals surface area contributed by atoms with Crippen LogP contribution in [0.3, 0.4) is 0 Å². The van der Waals surface area contributed by atoms with Gasteiger partial charge >= 0.3 is 0 Å². The second-order valence-electron chi connectivity index (χ2n) is 8.78. The molecule has 2 heterocycles. The van der Waals surface area contributed by atoms with Crippen molar-refractivity contribution in [3.05, 3.63) is 88.7 Å². The van der Waals surface area contributed by atoms with E-state index in [0.717, 1.165) is 41.2 Å². The Kier molecular flexibility index (Phi) is 7.31. The third-order valence-electron chi connectivity index (χ3n) is 6.31. The standard InChI is InChI=1S/C27H30ClN3O2/c1-30(2)14-15-31-26-12-9-21(28)16-20(26)17-24(19-7-10-23(33-3)11-8-19)25(27(31)32)18-22-6-4-5-13-29-22/h4-13,16,24-25H,14-15,17-18H2,1-3H3. The molecule has 0 spiro atoms. The summed E-state index contributed by atoms with van der Waals surface area (Å²) in [6.07, 6.45) is 3.09. The number of ether oxygens (including phenoxy) is 1. The van der Waals surface area contributed by atoms with E-state index in [9.17, 15) is 4.79 Å². The predicted molar refractivity (Wildman–Crippen MR) is 133 cm³/mol. The van der Waals surface area contributed by atoms with Gasteiger partial charge < -0.3 is 14.5 Å². The van der Waals surface area contributed by atoms with Gasteiger partial charge in [-0.25, -0.2) is 0 Å². The topological polar surface area (TPSA) is 45.7 Å². The minimum atomic E-state index is -0.248. The number of nitrogens with zero attached hydrogens (tertiary/aromatic N) is 3. The Hall–Kier alpha value is -2.89. The van der Waals surface area contributed by atoms with E-state index in [2.05, 4.69) is 22.0 Å². The Morgan fingerprint density at radius 2 is 1.91 bits per heavy atom. The summed E-state index contributed by atoms with van der Waals surface area (Å²) < 4.78 is 5.36. The molecule has 0 saturated heterocycles. The van der Waals surface area contributed by atoms with Gasteiger partial charge in [0.1, 0.15) is 5.75 Å². The summed E-state index contributed by atoms with van der Waals surface area (Å²) in [5, 5.41) is 0.686. The van der Waals surface area contributed by atoms with Crippen molar-refractivity contribution in [2.24, 2.45) is 5.92 Å². The molecule has 5 nitrogen and oxygen atoms in total. The van der Waals surface area contributed by atoms with E-state index >= 15 is 0 Å². The molecule has 2 atom stereocenters. The minimum Gasteiger partial charge on any atom is -0.497 e. The first-order chi connectivity index (χ1) is 16.0. The monoisotopic (exact) mass is 463 g/mol. The molecule has 33 heavy (non-hydrogen) atoms. The Labute approximate surface area is 201 Å². The summed E-state index contributed by atoms with van der Waals surface area (Å²) in [5.41, 5.74) is 4.09. The summed E-state index contributed by atoms with van der Waals surface area (Å²) in [6.45, 7) is 1.39. The lowest BCUT2D eigenvalue weighted by molar-refractivity contribution is -0.123. The average molecular weight is 464 g/mol. The Balaban J connectivity index is 1.80. The van der Waals surface area contributed by atoms with Crippen molar-refractivity contribution in [3.8, 4) is 5.75 Å². The number of likely N-dealkylation sites (N-methyl/N-ethyl adjacent to an activating group) is 1. The maximum Gasteiger partial charge on any atom is 0.231 e. The molecule has 0 N–H and O–H groups in total. The number of rotatable bonds is 7. The number of benzene rings is 2. The molecule has 1 aliphatic rings. The number of hydrogen-bond acceptors (Lipinski definition) is 4. The van der Waals surface area contributed by atoms with Crippen LogP contribution in [-0.4, -0.2) is 50.1 Å². The van der Waals surface area contributed by atoms with Crippen LogP contribution in [0.2, 0.25) is 5.02 Å². The number of carbonyl (C=O) groups is 1. The lowest BCUT2D eigenvalue weighted by atomic mass is 9.79. The van der Waals surface area contributed by atoms with Gasteiger partial charge in [0.05, 0.1) is 13.0 Å². The highest BCUT2D eigenvalue weighted by molar-refractivity contribution is 6.30. The molecule has 0 saturated carbocycles. The fourth-order valence-corrected chi connectivity index (χ4v) is 4.75. The smallest absolute Gasteiger partial charge is 0.231 e. The van der Waals surface area contributed by atoms with Gasteiger partial charge in [-0.15, -0.1) is 0 Å². The van der Waals surface area contributed by atoms with Crippen molar-refractivity contribution < 1.29 is 9.53 Å². The number of aromatic nitrogens is 1. The molecule has 0 bridgehead atoms. The zero-order valence-corrected chi connectivity index (χ0v) is 20.1. The molecule has 1 amide bonds. The molecule has 1 aliphatic heterocycles. The number of hydrogen-bond donors (Lipinski definition) is 0. The van der Waals surface area contributed by atoms with Gasteiger partial charge in [0.2, 0.25) is 5.91 Å². The van der Waals surface area contributed by atoms with Gasteiger partial charge in [-0.1, -0.05) is 29.8 Å². The van der Waals surface area contributed by atoms with E-state index in [0.29, 0.717) is 18.0 Å². The number of methoxy groups -OCH3 is 1. The van der Waals surface area contributed by atoms with Gasteiger partial charge in [-0.2, -0.15) is 0 Å². The van der Waals surface area contributed by atoms with Crippen LogP contribution in [0.15, 0.2) is 66.9 Å². The highest BCUT2D eigenvalue weighted by Gasteiger charge is 2.38. The summed E-state index contributed by atoms with van der Waals surface area (Å²) in [7, 11) is 5.71. The minimum absolute atomic E-state index is 0.00742. The third-order valence-corrected chi connectivity index (χ3v) is 6.55. The molecule has 3 aromatic rings. The van der Waals surface area contributed by atoms with Crippen molar-refractivity contribution >= 4 is 23.2 Å². The molecule has 1 aromatic heterocycles. The first kappa shape index (κ1) is 23.3. The average Bonchev–Trinajstić information content (AvgIpc) is 2.93. The Morgan fingerprint density at radius 1 is 1.12 bits per heavy atom. The third kappa shape index (κ3) is 5.37. The van der Waals surface area contributed by atoms with E-state index < -0.39 is 0 Å². The summed E-state index contributed by atoms with van der Waals surface area (Å²) in [4.78, 5) is 22.7. The number of amides is 1. The maximum absolute atomic E-state index is 14.1. The Morgan fingerprint density at radius 3 is 2.58 bits per heavy atom. The summed E-state index contributed by atoms with van der Waals surface area (Å²) >= 11 is 6.40. The molecule has 0 radical (unpaired) electrons. The molecule has 0 fully saturated rings. The number of pyridine rings is 1. The van der Waals surface area contributed by atoms with Gasteiger partial charge in [-0.3, -0.25) is 9.78 Å². The second-order valence-corrected chi connectivity index (χ2v) is 9.22. The zero-order chi connectivity index (χ0) is 23.4. The van der Waals surface area contributed by atoms with Crippen LogP contribution < -0.4 is 9.64 Å². The van der Waals surface area contributed by atoms with E-state index in [1.54, 1.807) is 13.3 Å². The van der Waals surface area contributed by atoms with Crippen LogP contribution in [-0.2, 0) is 17.6 Å². The first-order valence-electron chi connectivity index (χ1n) is 11.2. The van der Waals surface area contributed by atoms with Crippen LogP contribution in [0.5, 0.6) is 5.75 Å². The molecule has 4 rings (SSSR count). The highest BCUT2D eigenvalue weighted by Crippen LogP contribution is 2.40. The molecular formula is C27H30ClN3O2. The molecule has 0 aliphatic carbocycles. The van der Waals surface area contributed by atoms with Crippen LogP contribution in [0.25, 0.3) is 0 Å². The van der Waals surface area contributed by atoms with Crippen LogP contribution in [0.4, 0.5) is 5.69 Å². The van der Waals surface area contributed by atoms with Crippen molar-refractivity contribution in [1.82, 2.24) is 9.88 Å². The fourth-order valence-electron chi connectivity index (χ4n) is 4.56. The molecule has 6 heteroatoms. The fraction of sp³-hybridized carbons (Fsp3) is 0.333. The second kappa shape index (κ2) is 10.4. The van der Waals surface area contributed by atoms with Gasteiger partial charge in [0.15, 0.2) is 0 Å². The number of halogens is 1. The van der Waals surface area contributed by atoms with E-state index in [1.807, 2.05) is 67.5 Å². The lowest BCUT2D eigenvalue weighted by Gasteiger charge is -2.29. The first-order valence-corrected chi connectivity index (χ1v) is 11.6. The number of fused-ring (bicyclic) bond motifs is 1. The van der Waals surface area contributed by atoms with Gasteiger partial charge in [-0.05, 0) is 80.0 Å². The van der Waals surface area contributed by atoms with Crippen LogP contribution in [0, 0.1) is 5.92 Å². The summed E-state index contributed by atoms with van der Waals surface area (Å²) in [6, 6.07) is 19.8. The highest BCUT2D eigenvalue weighted by atomic mass is 35.5. The molecule has 2 unspecified atom stereocenters. The number of carbonyl (C=O) groups excluding carboxylic acids is 1. The SMILES string of the molecule is COc1ccc(C2Cc3cc(Cl)ccc3N(CCN(C)C)C(=O)C2Cc2ccccn2)cc1. The van der Waals surface area contributed by atoms with Crippen molar-refractivity contribution in [2.45, 2.75) is 18.8 Å².